The third-order valence-electron chi connectivity index (χ3n) is 3.05. The van der Waals surface area contributed by atoms with Gasteiger partial charge < -0.3 is 10.4 Å². The number of aromatic amines is 1. The number of aliphatic carboxylic acids is 1. The van der Waals surface area contributed by atoms with Crippen molar-refractivity contribution in [2.24, 2.45) is 0 Å². The quantitative estimate of drug-likeness (QED) is 0.754. The summed E-state index contributed by atoms with van der Waals surface area (Å²) in [5.74, 6) is 0.0790. The number of nitrogens with one attached hydrogen (secondary N) is 2. The number of nitrogens with zero attached hydrogens (tertiary/aromatic N) is 1. The highest BCUT2D eigenvalue weighted by Crippen LogP contribution is 2.27. The van der Waals surface area contributed by atoms with Crippen LogP contribution in [-0.2, 0) is 4.79 Å². The van der Waals surface area contributed by atoms with Gasteiger partial charge in [0.05, 0.1) is 0 Å². The first-order chi connectivity index (χ1) is 8.53. The van der Waals surface area contributed by atoms with Crippen LogP contribution in [0.3, 0.4) is 0 Å². The van der Waals surface area contributed by atoms with Gasteiger partial charge in [-0.15, -0.1) is 0 Å². The number of carbonyl (C=O) groups is 2. The molecule has 2 heterocycles. The highest BCUT2D eigenvalue weighted by Gasteiger charge is 2.41. The molecule has 1 fully saturated rings. The van der Waals surface area contributed by atoms with Crippen LogP contribution in [0.4, 0.5) is 0 Å². The van der Waals surface area contributed by atoms with E-state index in [2.05, 4.69) is 15.5 Å². The number of aryl methyl sites for hydroxylation is 1. The van der Waals surface area contributed by atoms with Crippen molar-refractivity contribution < 1.29 is 14.7 Å². The van der Waals surface area contributed by atoms with E-state index in [9.17, 15) is 14.7 Å². The second-order valence-electron chi connectivity index (χ2n) is 4.39. The maximum atomic E-state index is 12.0. The Morgan fingerprint density at radius 2 is 2.17 bits per heavy atom. The molecule has 2 rings (SSSR count). The largest absolute Gasteiger partial charge is 0.480 e. The van der Waals surface area contributed by atoms with E-state index in [4.69, 9.17) is 0 Å². The van der Waals surface area contributed by atoms with Gasteiger partial charge in [-0.3, -0.25) is 9.89 Å². The highest BCUT2D eigenvalue weighted by atomic mass is 32.2. The van der Waals surface area contributed by atoms with Crippen LogP contribution < -0.4 is 5.32 Å². The second-order valence-corrected chi connectivity index (χ2v) is 5.61. The maximum absolute atomic E-state index is 12.0. The number of thioether (sulfide) groups is 1. The van der Waals surface area contributed by atoms with Gasteiger partial charge in [-0.25, -0.2) is 4.79 Å². The van der Waals surface area contributed by atoms with Crippen molar-refractivity contribution in [2.45, 2.75) is 25.3 Å². The smallest absolute Gasteiger partial charge is 0.329 e. The minimum atomic E-state index is -1.14. The van der Waals surface area contributed by atoms with Crippen molar-refractivity contribution in [2.75, 3.05) is 11.5 Å². The van der Waals surface area contributed by atoms with E-state index in [0.717, 1.165) is 17.2 Å². The number of carboxylic acids is 1. The molecule has 18 heavy (non-hydrogen) atoms. The Labute approximate surface area is 109 Å². The molecule has 98 valence electrons. The van der Waals surface area contributed by atoms with E-state index in [0.29, 0.717) is 12.8 Å². The molecule has 1 amide bonds. The summed E-state index contributed by atoms with van der Waals surface area (Å²) in [7, 11) is 0. The lowest BCUT2D eigenvalue weighted by molar-refractivity contribution is -0.144. The van der Waals surface area contributed by atoms with E-state index in [1.54, 1.807) is 24.8 Å². The molecule has 3 N–H and O–H groups in total. The Morgan fingerprint density at radius 3 is 2.67 bits per heavy atom. The fourth-order valence-electron chi connectivity index (χ4n) is 1.93. The van der Waals surface area contributed by atoms with E-state index in [-0.39, 0.29) is 5.69 Å². The molecule has 1 aromatic rings. The molecule has 7 heteroatoms. The minimum absolute atomic E-state index is 0.228. The molecule has 0 radical (unpaired) electrons. The molecule has 0 atom stereocenters. The molecule has 0 aromatic carbocycles. The van der Waals surface area contributed by atoms with Gasteiger partial charge in [0.2, 0.25) is 0 Å². The average molecular weight is 269 g/mol. The molecular weight excluding hydrogens is 254 g/mol. The van der Waals surface area contributed by atoms with Crippen LogP contribution in [0.1, 0.15) is 29.0 Å². The molecule has 1 aliphatic rings. The summed E-state index contributed by atoms with van der Waals surface area (Å²) >= 11 is 1.71. The van der Waals surface area contributed by atoms with Crippen LogP contribution in [0, 0.1) is 6.92 Å². The van der Waals surface area contributed by atoms with E-state index in [1.165, 1.54) is 0 Å². The maximum Gasteiger partial charge on any atom is 0.329 e. The molecular formula is C11H15N3O3S. The van der Waals surface area contributed by atoms with Gasteiger partial charge in [-0.1, -0.05) is 0 Å². The van der Waals surface area contributed by atoms with Crippen LogP contribution in [0.5, 0.6) is 0 Å². The van der Waals surface area contributed by atoms with Crippen LogP contribution in [0.25, 0.3) is 0 Å². The fraction of sp³-hybridized carbons (Fsp3) is 0.545. The summed E-state index contributed by atoms with van der Waals surface area (Å²) in [6, 6.07) is 1.60. The number of carbonyl (C=O) groups excluding carboxylic acids is 1. The molecule has 6 nitrogen and oxygen atoms in total. The topological polar surface area (TPSA) is 95.1 Å². The van der Waals surface area contributed by atoms with Crippen LogP contribution in [-0.4, -0.2) is 44.2 Å². The van der Waals surface area contributed by atoms with Gasteiger partial charge in [-0.05, 0) is 37.3 Å². The molecule has 0 aliphatic carbocycles. The molecule has 0 bridgehead atoms. The van der Waals surface area contributed by atoms with Crippen LogP contribution in [0.15, 0.2) is 6.07 Å². The third kappa shape index (κ3) is 2.50. The molecule has 0 saturated carbocycles. The lowest BCUT2D eigenvalue weighted by Gasteiger charge is -2.33. The van der Waals surface area contributed by atoms with E-state index < -0.39 is 17.4 Å². The van der Waals surface area contributed by atoms with Crippen molar-refractivity contribution >= 4 is 23.6 Å². The zero-order valence-corrected chi connectivity index (χ0v) is 10.8. The molecule has 0 spiro atoms. The number of amides is 1. The van der Waals surface area contributed by atoms with Gasteiger partial charge in [0.25, 0.3) is 5.91 Å². The average Bonchev–Trinajstić information content (AvgIpc) is 2.77. The normalized spacial score (nSPS) is 18.3. The van der Waals surface area contributed by atoms with Gasteiger partial charge in [0.15, 0.2) is 0 Å². The van der Waals surface area contributed by atoms with Crippen molar-refractivity contribution in [1.29, 1.82) is 0 Å². The first kappa shape index (κ1) is 12.9. The van der Waals surface area contributed by atoms with Crippen LogP contribution >= 0.6 is 11.8 Å². The molecule has 0 unspecified atom stereocenters. The minimum Gasteiger partial charge on any atom is -0.480 e. The number of carboxylic acid groups (broad SMARTS) is 1. The van der Waals surface area contributed by atoms with Crippen molar-refractivity contribution in [1.82, 2.24) is 15.5 Å². The Kier molecular flexibility index (Phi) is 3.60. The van der Waals surface area contributed by atoms with Gasteiger partial charge >= 0.3 is 5.97 Å². The Balaban J connectivity index is 2.14. The third-order valence-corrected chi connectivity index (χ3v) is 4.03. The standard InChI is InChI=1S/C11H15N3O3S/c1-7-6-8(14-13-7)9(15)12-11(10(16)17)2-4-18-5-3-11/h6H,2-5H2,1H3,(H,12,15)(H,13,14)(H,16,17). The zero-order chi connectivity index (χ0) is 13.2. The number of hydrogen-bond acceptors (Lipinski definition) is 4. The Bertz CT molecular complexity index is 466. The van der Waals surface area contributed by atoms with Crippen molar-refractivity contribution in [3.05, 3.63) is 17.5 Å². The number of rotatable bonds is 3. The predicted molar refractivity (Wildman–Crippen MR) is 67.7 cm³/mol. The van der Waals surface area contributed by atoms with Gasteiger partial charge in [-0.2, -0.15) is 16.9 Å². The summed E-state index contributed by atoms with van der Waals surface area (Å²) in [5.41, 5.74) is -0.148. The van der Waals surface area contributed by atoms with Crippen molar-refractivity contribution in [3.63, 3.8) is 0 Å². The Hall–Kier alpha value is -1.50. The monoisotopic (exact) mass is 269 g/mol. The number of hydrogen-bond donors (Lipinski definition) is 3. The van der Waals surface area contributed by atoms with Gasteiger partial charge in [0, 0.05) is 5.69 Å². The summed E-state index contributed by atoms with van der Waals surface area (Å²) in [6.07, 6.45) is 0.893. The first-order valence-corrected chi connectivity index (χ1v) is 6.85. The molecule has 1 aliphatic heterocycles. The summed E-state index contributed by atoms with van der Waals surface area (Å²) in [6.45, 7) is 1.79. The highest BCUT2D eigenvalue weighted by molar-refractivity contribution is 7.99. The SMILES string of the molecule is Cc1cc(C(=O)NC2(C(=O)O)CCSCC2)n[nH]1. The molecule has 1 aromatic heterocycles. The number of aromatic nitrogens is 2. The van der Waals surface area contributed by atoms with Crippen LogP contribution in [0.2, 0.25) is 0 Å². The van der Waals surface area contributed by atoms with Crippen molar-refractivity contribution in [3.8, 4) is 0 Å². The second kappa shape index (κ2) is 5.01. The van der Waals surface area contributed by atoms with E-state index >= 15 is 0 Å². The first-order valence-electron chi connectivity index (χ1n) is 5.69. The summed E-state index contributed by atoms with van der Waals surface area (Å²) in [4.78, 5) is 23.4. The fourth-order valence-corrected chi connectivity index (χ4v) is 3.12. The molecule has 1 saturated heterocycles. The lowest BCUT2D eigenvalue weighted by Crippen LogP contribution is -2.56. The summed E-state index contributed by atoms with van der Waals surface area (Å²) < 4.78 is 0. The number of H-pyrrole nitrogens is 1. The zero-order valence-electron chi connectivity index (χ0n) is 10.0. The van der Waals surface area contributed by atoms with E-state index in [1.807, 2.05) is 0 Å². The lowest BCUT2D eigenvalue weighted by atomic mass is 9.92. The van der Waals surface area contributed by atoms with Gasteiger partial charge in [0.1, 0.15) is 11.2 Å². The summed E-state index contributed by atoms with van der Waals surface area (Å²) in [5, 5.41) is 18.5. The predicted octanol–water partition coefficient (Wildman–Crippen LogP) is 0.798. The Morgan fingerprint density at radius 1 is 1.50 bits per heavy atom.